The highest BCUT2D eigenvalue weighted by atomic mass is 79.9. The molecule has 0 amide bonds. The van der Waals surface area contributed by atoms with E-state index in [2.05, 4.69) is 40.3 Å². The fraction of sp³-hybridized carbons (Fsp3) is 0.556. The SMILES string of the molecule is CC1(OCc2ccc(Br)s2)CNC1. The van der Waals surface area contributed by atoms with E-state index in [0.29, 0.717) is 0 Å². The van der Waals surface area contributed by atoms with Crippen LogP contribution in [0.25, 0.3) is 0 Å². The molecule has 1 saturated heterocycles. The van der Waals surface area contributed by atoms with Gasteiger partial charge in [0.05, 0.1) is 16.0 Å². The Kier molecular flexibility index (Phi) is 2.74. The van der Waals surface area contributed by atoms with Crippen molar-refractivity contribution in [1.82, 2.24) is 5.32 Å². The molecule has 1 aromatic heterocycles. The summed E-state index contributed by atoms with van der Waals surface area (Å²) in [7, 11) is 0. The molecule has 13 heavy (non-hydrogen) atoms. The predicted octanol–water partition coefficient (Wildman–Crippen LogP) is 2.39. The molecule has 72 valence electrons. The average molecular weight is 262 g/mol. The lowest BCUT2D eigenvalue weighted by atomic mass is 10.0. The molecule has 0 atom stereocenters. The summed E-state index contributed by atoms with van der Waals surface area (Å²) in [5, 5.41) is 3.21. The second-order valence-corrected chi connectivity index (χ2v) is 6.10. The fourth-order valence-electron chi connectivity index (χ4n) is 1.25. The lowest BCUT2D eigenvalue weighted by Crippen LogP contribution is -2.58. The fourth-order valence-corrected chi connectivity index (χ4v) is 2.65. The van der Waals surface area contributed by atoms with Crippen molar-refractivity contribution >= 4 is 27.3 Å². The molecule has 0 aromatic carbocycles. The van der Waals surface area contributed by atoms with Crippen LogP contribution in [0.5, 0.6) is 0 Å². The van der Waals surface area contributed by atoms with E-state index in [1.165, 1.54) is 8.66 Å². The molecule has 4 heteroatoms. The topological polar surface area (TPSA) is 21.3 Å². The van der Waals surface area contributed by atoms with Crippen molar-refractivity contribution < 1.29 is 4.74 Å². The van der Waals surface area contributed by atoms with Gasteiger partial charge < -0.3 is 10.1 Å². The molecule has 0 saturated carbocycles. The summed E-state index contributed by atoms with van der Waals surface area (Å²) >= 11 is 5.17. The van der Waals surface area contributed by atoms with Crippen molar-refractivity contribution in [2.75, 3.05) is 13.1 Å². The lowest BCUT2D eigenvalue weighted by molar-refractivity contribution is -0.0757. The van der Waals surface area contributed by atoms with Gasteiger partial charge in [0.2, 0.25) is 0 Å². The molecule has 0 unspecified atom stereocenters. The molecule has 1 aliphatic rings. The monoisotopic (exact) mass is 261 g/mol. The van der Waals surface area contributed by atoms with Gasteiger partial charge in [0.15, 0.2) is 0 Å². The van der Waals surface area contributed by atoms with Crippen LogP contribution < -0.4 is 5.32 Å². The van der Waals surface area contributed by atoms with Crippen LogP contribution in [0.1, 0.15) is 11.8 Å². The molecule has 1 aliphatic heterocycles. The standard InChI is InChI=1S/C9H12BrNOS/c1-9(5-11-6-9)12-4-7-2-3-8(10)13-7/h2-3,11H,4-6H2,1H3. The molecule has 1 fully saturated rings. The Bertz CT molecular complexity index is 296. The van der Waals surface area contributed by atoms with Crippen LogP contribution in [0.4, 0.5) is 0 Å². The first-order chi connectivity index (χ1) is 6.18. The highest BCUT2D eigenvalue weighted by Crippen LogP contribution is 2.25. The second-order valence-electron chi connectivity index (χ2n) is 3.55. The summed E-state index contributed by atoms with van der Waals surface area (Å²) < 4.78 is 6.96. The summed E-state index contributed by atoms with van der Waals surface area (Å²) in [6.45, 7) is 4.82. The largest absolute Gasteiger partial charge is 0.367 e. The van der Waals surface area contributed by atoms with Crippen LogP contribution in [0.15, 0.2) is 15.9 Å². The molecule has 1 N–H and O–H groups in total. The molecular formula is C9H12BrNOS. The van der Waals surface area contributed by atoms with E-state index in [4.69, 9.17) is 4.74 Å². The third-order valence-electron chi connectivity index (χ3n) is 2.19. The van der Waals surface area contributed by atoms with E-state index in [1.807, 2.05) is 0 Å². The lowest BCUT2D eigenvalue weighted by Gasteiger charge is -2.38. The van der Waals surface area contributed by atoms with Gasteiger partial charge in [0.1, 0.15) is 0 Å². The van der Waals surface area contributed by atoms with Gasteiger partial charge in [-0.05, 0) is 35.0 Å². The molecule has 0 aliphatic carbocycles. The zero-order valence-corrected chi connectivity index (χ0v) is 9.87. The number of hydrogen-bond donors (Lipinski definition) is 1. The Hall–Kier alpha value is 0.1000. The molecule has 2 nitrogen and oxygen atoms in total. The second kappa shape index (κ2) is 3.69. The number of thiophene rings is 1. The van der Waals surface area contributed by atoms with E-state index in [1.54, 1.807) is 11.3 Å². The zero-order chi connectivity index (χ0) is 9.31. The summed E-state index contributed by atoms with van der Waals surface area (Å²) in [6, 6.07) is 4.16. The van der Waals surface area contributed by atoms with Gasteiger partial charge in [-0.1, -0.05) is 0 Å². The molecule has 2 rings (SSSR count). The Balaban J connectivity index is 1.85. The summed E-state index contributed by atoms with van der Waals surface area (Å²) in [5.41, 5.74) is 0.0659. The first kappa shape index (κ1) is 9.65. The van der Waals surface area contributed by atoms with Crippen molar-refractivity contribution in [1.29, 1.82) is 0 Å². The Morgan fingerprint density at radius 2 is 2.38 bits per heavy atom. The molecule has 0 radical (unpaired) electrons. The minimum Gasteiger partial charge on any atom is -0.367 e. The smallest absolute Gasteiger partial charge is 0.0906 e. The quantitative estimate of drug-likeness (QED) is 0.903. The van der Waals surface area contributed by atoms with Crippen molar-refractivity contribution in [3.05, 3.63) is 20.8 Å². The molecule has 0 spiro atoms. The number of hydrogen-bond acceptors (Lipinski definition) is 3. The van der Waals surface area contributed by atoms with Gasteiger partial charge >= 0.3 is 0 Å². The van der Waals surface area contributed by atoms with Crippen LogP contribution in [-0.2, 0) is 11.3 Å². The third-order valence-corrected chi connectivity index (χ3v) is 3.79. The van der Waals surface area contributed by atoms with Gasteiger partial charge in [-0.3, -0.25) is 0 Å². The van der Waals surface area contributed by atoms with E-state index in [-0.39, 0.29) is 5.60 Å². The van der Waals surface area contributed by atoms with Gasteiger partial charge in [-0.2, -0.15) is 0 Å². The molecule has 0 bridgehead atoms. The molecule has 2 heterocycles. The van der Waals surface area contributed by atoms with Crippen LogP contribution >= 0.6 is 27.3 Å². The van der Waals surface area contributed by atoms with Gasteiger partial charge in [0.25, 0.3) is 0 Å². The third kappa shape index (κ3) is 2.31. The number of nitrogens with one attached hydrogen (secondary N) is 1. The van der Waals surface area contributed by atoms with Gasteiger partial charge in [0, 0.05) is 18.0 Å². The van der Waals surface area contributed by atoms with Gasteiger partial charge in [-0.25, -0.2) is 0 Å². The summed E-state index contributed by atoms with van der Waals surface area (Å²) in [5.74, 6) is 0. The summed E-state index contributed by atoms with van der Waals surface area (Å²) in [6.07, 6.45) is 0. The van der Waals surface area contributed by atoms with Crippen molar-refractivity contribution in [2.24, 2.45) is 0 Å². The Morgan fingerprint density at radius 3 is 2.85 bits per heavy atom. The average Bonchev–Trinajstić information content (AvgIpc) is 2.44. The molecular weight excluding hydrogens is 250 g/mol. The number of rotatable bonds is 3. The van der Waals surface area contributed by atoms with Crippen molar-refractivity contribution in [3.8, 4) is 0 Å². The van der Waals surface area contributed by atoms with E-state index in [9.17, 15) is 0 Å². The Labute approximate surface area is 90.4 Å². The first-order valence-electron chi connectivity index (χ1n) is 4.27. The zero-order valence-electron chi connectivity index (χ0n) is 7.47. The van der Waals surface area contributed by atoms with E-state index < -0.39 is 0 Å². The molecule has 1 aromatic rings. The van der Waals surface area contributed by atoms with Crippen molar-refractivity contribution in [3.63, 3.8) is 0 Å². The minimum absolute atomic E-state index is 0.0659. The first-order valence-corrected chi connectivity index (χ1v) is 5.88. The number of ether oxygens (including phenoxy) is 1. The maximum Gasteiger partial charge on any atom is 0.0906 e. The van der Waals surface area contributed by atoms with E-state index >= 15 is 0 Å². The highest BCUT2D eigenvalue weighted by Gasteiger charge is 2.32. The highest BCUT2D eigenvalue weighted by molar-refractivity contribution is 9.11. The minimum atomic E-state index is 0.0659. The Morgan fingerprint density at radius 1 is 1.62 bits per heavy atom. The summed E-state index contributed by atoms with van der Waals surface area (Å²) in [4.78, 5) is 1.28. The predicted molar refractivity (Wildman–Crippen MR) is 58.1 cm³/mol. The maximum absolute atomic E-state index is 5.79. The number of halogens is 1. The van der Waals surface area contributed by atoms with Crippen LogP contribution in [0, 0.1) is 0 Å². The van der Waals surface area contributed by atoms with E-state index in [0.717, 1.165) is 19.7 Å². The van der Waals surface area contributed by atoms with Crippen LogP contribution in [-0.4, -0.2) is 18.7 Å². The normalized spacial score (nSPS) is 19.8. The van der Waals surface area contributed by atoms with Gasteiger partial charge in [-0.15, -0.1) is 11.3 Å². The van der Waals surface area contributed by atoms with Crippen LogP contribution in [0.3, 0.4) is 0 Å². The maximum atomic E-state index is 5.79. The van der Waals surface area contributed by atoms with Crippen LogP contribution in [0.2, 0.25) is 0 Å². The van der Waals surface area contributed by atoms with Crippen molar-refractivity contribution in [2.45, 2.75) is 19.1 Å².